The second-order valence-electron chi connectivity index (χ2n) is 3.69. The number of hydrogen-bond donors (Lipinski definition) is 1. The zero-order valence-corrected chi connectivity index (χ0v) is 11.2. The van der Waals surface area contributed by atoms with Crippen molar-refractivity contribution in [3.8, 4) is 0 Å². The Kier molecular flexibility index (Phi) is 3.47. The van der Waals surface area contributed by atoms with Crippen LogP contribution in [0, 0.1) is 5.82 Å². The molecule has 1 heterocycles. The van der Waals surface area contributed by atoms with Gasteiger partial charge in [-0.05, 0) is 35.0 Å². The van der Waals surface area contributed by atoms with Crippen molar-refractivity contribution in [2.75, 3.05) is 5.73 Å². The van der Waals surface area contributed by atoms with Crippen LogP contribution < -0.4 is 5.73 Å². The van der Waals surface area contributed by atoms with Gasteiger partial charge in [0, 0.05) is 6.54 Å². The highest BCUT2D eigenvalue weighted by Crippen LogP contribution is 2.24. The SMILES string of the molecule is CCn1ncc(Br)c1C(=O)c1cccc(F)c1N. The minimum Gasteiger partial charge on any atom is -0.396 e. The van der Waals surface area contributed by atoms with Crippen molar-refractivity contribution >= 4 is 27.4 Å². The second kappa shape index (κ2) is 4.89. The van der Waals surface area contributed by atoms with Crippen molar-refractivity contribution in [1.29, 1.82) is 0 Å². The molecule has 94 valence electrons. The molecule has 0 aliphatic carbocycles. The fraction of sp³-hybridized carbons (Fsp3) is 0.167. The maximum atomic E-state index is 13.4. The highest BCUT2D eigenvalue weighted by atomic mass is 79.9. The van der Waals surface area contributed by atoms with Gasteiger partial charge >= 0.3 is 0 Å². The minimum absolute atomic E-state index is 0.141. The summed E-state index contributed by atoms with van der Waals surface area (Å²) in [5.41, 5.74) is 5.96. The highest BCUT2D eigenvalue weighted by Gasteiger charge is 2.21. The molecule has 0 radical (unpaired) electrons. The average molecular weight is 312 g/mol. The lowest BCUT2D eigenvalue weighted by Gasteiger charge is -2.07. The Balaban J connectivity index is 2.55. The molecule has 0 bridgehead atoms. The van der Waals surface area contributed by atoms with Gasteiger partial charge in [0.2, 0.25) is 5.78 Å². The number of carbonyl (C=O) groups is 1. The predicted molar refractivity (Wildman–Crippen MR) is 69.8 cm³/mol. The molecule has 4 nitrogen and oxygen atoms in total. The number of aryl methyl sites for hydroxylation is 1. The maximum Gasteiger partial charge on any atom is 0.214 e. The van der Waals surface area contributed by atoms with E-state index in [4.69, 9.17) is 5.73 Å². The van der Waals surface area contributed by atoms with Crippen LogP contribution >= 0.6 is 15.9 Å². The van der Waals surface area contributed by atoms with E-state index >= 15 is 0 Å². The Labute approximate surface area is 112 Å². The van der Waals surface area contributed by atoms with Gasteiger partial charge in [-0.15, -0.1) is 0 Å². The molecular formula is C12H11BrFN3O. The Bertz CT molecular complexity index is 609. The van der Waals surface area contributed by atoms with Crippen molar-refractivity contribution in [3.05, 3.63) is 45.9 Å². The fourth-order valence-electron chi connectivity index (χ4n) is 1.69. The number of benzene rings is 1. The molecule has 2 N–H and O–H groups in total. The van der Waals surface area contributed by atoms with E-state index < -0.39 is 5.82 Å². The zero-order valence-electron chi connectivity index (χ0n) is 9.65. The van der Waals surface area contributed by atoms with Crippen LogP contribution in [0.25, 0.3) is 0 Å². The summed E-state index contributed by atoms with van der Waals surface area (Å²) in [6, 6.07) is 4.18. The molecule has 0 aliphatic rings. The number of halogens is 2. The first-order valence-electron chi connectivity index (χ1n) is 5.36. The summed E-state index contributed by atoms with van der Waals surface area (Å²) >= 11 is 3.26. The summed E-state index contributed by atoms with van der Waals surface area (Å²) in [7, 11) is 0. The summed E-state index contributed by atoms with van der Waals surface area (Å²) in [6.07, 6.45) is 1.53. The van der Waals surface area contributed by atoms with Gasteiger partial charge in [0.1, 0.15) is 11.5 Å². The fourth-order valence-corrected chi connectivity index (χ4v) is 2.17. The van der Waals surface area contributed by atoms with E-state index in [0.29, 0.717) is 16.7 Å². The third-order valence-corrected chi connectivity index (χ3v) is 3.19. The molecule has 0 fully saturated rings. The number of aromatic nitrogens is 2. The van der Waals surface area contributed by atoms with Gasteiger partial charge in [-0.25, -0.2) is 4.39 Å². The van der Waals surface area contributed by atoms with Gasteiger partial charge < -0.3 is 5.73 Å². The van der Waals surface area contributed by atoms with Crippen LogP contribution in [0.2, 0.25) is 0 Å². The first-order valence-corrected chi connectivity index (χ1v) is 6.15. The zero-order chi connectivity index (χ0) is 13.3. The summed E-state index contributed by atoms with van der Waals surface area (Å²) in [5, 5.41) is 4.05. The number of carbonyl (C=O) groups excluding carboxylic acids is 1. The monoisotopic (exact) mass is 311 g/mol. The van der Waals surface area contributed by atoms with Crippen molar-refractivity contribution in [1.82, 2.24) is 9.78 Å². The Hall–Kier alpha value is -1.69. The third kappa shape index (κ3) is 2.03. The standard InChI is InChI=1S/C12H11BrFN3O/c1-2-17-11(8(13)6-16-17)12(18)7-4-3-5-9(14)10(7)15/h3-6H,2,15H2,1H3. The molecule has 6 heteroatoms. The molecule has 0 spiro atoms. The van der Waals surface area contributed by atoms with Crippen LogP contribution in [-0.2, 0) is 6.54 Å². The quantitative estimate of drug-likeness (QED) is 0.700. The molecule has 0 unspecified atom stereocenters. The van der Waals surface area contributed by atoms with Crippen molar-refractivity contribution in [3.63, 3.8) is 0 Å². The number of para-hydroxylation sites is 1. The highest BCUT2D eigenvalue weighted by molar-refractivity contribution is 9.10. The molecule has 1 aromatic heterocycles. The van der Waals surface area contributed by atoms with Crippen molar-refractivity contribution < 1.29 is 9.18 Å². The van der Waals surface area contributed by atoms with Gasteiger partial charge in [0.25, 0.3) is 0 Å². The van der Waals surface area contributed by atoms with Crippen LogP contribution in [-0.4, -0.2) is 15.6 Å². The molecule has 2 rings (SSSR count). The summed E-state index contributed by atoms with van der Waals surface area (Å²) in [6.45, 7) is 2.41. The number of rotatable bonds is 3. The smallest absolute Gasteiger partial charge is 0.214 e. The number of anilines is 1. The lowest BCUT2D eigenvalue weighted by molar-refractivity contribution is 0.102. The van der Waals surface area contributed by atoms with Gasteiger partial charge in [0.15, 0.2) is 0 Å². The molecule has 0 saturated carbocycles. The maximum absolute atomic E-state index is 13.4. The third-order valence-electron chi connectivity index (χ3n) is 2.61. The molecule has 0 atom stereocenters. The number of nitrogens with two attached hydrogens (primary N) is 1. The molecule has 0 aliphatic heterocycles. The van der Waals surface area contributed by atoms with Gasteiger partial charge in [-0.1, -0.05) is 6.07 Å². The van der Waals surface area contributed by atoms with Crippen LogP contribution in [0.3, 0.4) is 0 Å². The molecule has 2 aromatic rings. The first kappa shape index (κ1) is 12.8. The lowest BCUT2D eigenvalue weighted by atomic mass is 10.1. The van der Waals surface area contributed by atoms with E-state index in [1.807, 2.05) is 6.92 Å². The van der Waals surface area contributed by atoms with Crippen LogP contribution in [0.1, 0.15) is 23.0 Å². The van der Waals surface area contributed by atoms with Gasteiger partial charge in [0.05, 0.1) is 21.9 Å². The topological polar surface area (TPSA) is 60.9 Å². The molecule has 1 aromatic carbocycles. The Morgan fingerprint density at radius 1 is 1.56 bits per heavy atom. The largest absolute Gasteiger partial charge is 0.396 e. The van der Waals surface area contributed by atoms with E-state index in [9.17, 15) is 9.18 Å². The van der Waals surface area contributed by atoms with E-state index in [-0.39, 0.29) is 17.0 Å². The number of nitrogen functional groups attached to an aromatic ring is 1. The number of ketones is 1. The predicted octanol–water partition coefficient (Wildman–Crippen LogP) is 2.62. The van der Waals surface area contributed by atoms with E-state index in [2.05, 4.69) is 21.0 Å². The van der Waals surface area contributed by atoms with E-state index in [1.165, 1.54) is 29.1 Å². The minimum atomic E-state index is -0.598. The number of nitrogens with zero attached hydrogens (tertiary/aromatic N) is 2. The second-order valence-corrected chi connectivity index (χ2v) is 4.54. The molecule has 0 saturated heterocycles. The van der Waals surface area contributed by atoms with Gasteiger partial charge in [-0.2, -0.15) is 5.10 Å². The average Bonchev–Trinajstić information content (AvgIpc) is 2.73. The van der Waals surface area contributed by atoms with E-state index in [0.717, 1.165) is 0 Å². The van der Waals surface area contributed by atoms with Crippen molar-refractivity contribution in [2.45, 2.75) is 13.5 Å². The lowest BCUT2D eigenvalue weighted by Crippen LogP contribution is -2.13. The Morgan fingerprint density at radius 3 is 2.94 bits per heavy atom. The van der Waals surface area contributed by atoms with E-state index in [1.54, 1.807) is 0 Å². The first-order chi connectivity index (χ1) is 8.56. The van der Waals surface area contributed by atoms with Crippen LogP contribution in [0.15, 0.2) is 28.9 Å². The molecule has 18 heavy (non-hydrogen) atoms. The van der Waals surface area contributed by atoms with Crippen LogP contribution in [0.5, 0.6) is 0 Å². The number of hydrogen-bond acceptors (Lipinski definition) is 3. The van der Waals surface area contributed by atoms with Crippen LogP contribution in [0.4, 0.5) is 10.1 Å². The molecule has 0 amide bonds. The molecular weight excluding hydrogens is 301 g/mol. The van der Waals surface area contributed by atoms with Gasteiger partial charge in [-0.3, -0.25) is 9.48 Å². The summed E-state index contributed by atoms with van der Waals surface area (Å²) < 4.78 is 15.5. The Morgan fingerprint density at radius 2 is 2.28 bits per heavy atom. The summed E-state index contributed by atoms with van der Waals surface area (Å²) in [5.74, 6) is -0.947. The normalized spacial score (nSPS) is 10.6. The van der Waals surface area contributed by atoms with Crippen molar-refractivity contribution in [2.24, 2.45) is 0 Å². The summed E-state index contributed by atoms with van der Waals surface area (Å²) in [4.78, 5) is 12.3.